The van der Waals surface area contributed by atoms with Crippen LogP contribution in [0.4, 0.5) is 0 Å². The minimum absolute atomic E-state index is 0.153. The van der Waals surface area contributed by atoms with Gasteiger partial charge < -0.3 is 10.2 Å². The van der Waals surface area contributed by atoms with E-state index in [1.54, 1.807) is 18.7 Å². The minimum Gasteiger partial charge on any atom is -0.480 e. The van der Waals surface area contributed by atoms with E-state index in [-0.39, 0.29) is 17.4 Å². The number of carboxylic acids is 1. The molecule has 0 spiro atoms. The van der Waals surface area contributed by atoms with Crippen LogP contribution in [0.25, 0.3) is 0 Å². The normalized spacial score (nSPS) is 18.1. The Bertz CT molecular complexity index is 271. The Labute approximate surface area is 121 Å². The number of aliphatic hydroxyl groups is 1. The van der Waals surface area contributed by atoms with Gasteiger partial charge in [-0.25, -0.2) is 0 Å². The Kier molecular flexibility index (Phi) is 8.70. The van der Waals surface area contributed by atoms with Crippen LogP contribution in [0.5, 0.6) is 0 Å². The van der Waals surface area contributed by atoms with Crippen molar-refractivity contribution < 1.29 is 15.0 Å². The molecule has 0 aromatic heterocycles. The molecule has 0 radical (unpaired) electrons. The van der Waals surface area contributed by atoms with Crippen LogP contribution in [0, 0.1) is 0 Å². The standard InChI is InChI=1S/C14H29NO3S/c1-6-14(13(17)18,15-10(2)3)8-7-9-19-12(5)11(4)16/h10-12,15-16H,6-9H2,1-5H3,(H,17,18). The Morgan fingerprint density at radius 1 is 1.32 bits per heavy atom. The first kappa shape index (κ1) is 18.7. The van der Waals surface area contributed by atoms with Crippen molar-refractivity contribution in [3.63, 3.8) is 0 Å². The van der Waals surface area contributed by atoms with Gasteiger partial charge in [-0.15, -0.1) is 0 Å². The quantitative estimate of drug-likeness (QED) is 0.540. The van der Waals surface area contributed by atoms with Crippen LogP contribution in [0.2, 0.25) is 0 Å². The summed E-state index contributed by atoms with van der Waals surface area (Å²) in [4.78, 5) is 11.5. The average molecular weight is 291 g/mol. The van der Waals surface area contributed by atoms with E-state index in [0.717, 1.165) is 12.2 Å². The molecule has 3 N–H and O–H groups in total. The Morgan fingerprint density at radius 3 is 2.26 bits per heavy atom. The van der Waals surface area contributed by atoms with Crippen molar-refractivity contribution in [3.8, 4) is 0 Å². The van der Waals surface area contributed by atoms with Crippen LogP contribution in [-0.2, 0) is 4.79 Å². The van der Waals surface area contributed by atoms with Crippen molar-refractivity contribution in [2.24, 2.45) is 0 Å². The molecule has 0 amide bonds. The molecule has 5 heteroatoms. The Morgan fingerprint density at radius 2 is 1.89 bits per heavy atom. The molecule has 0 heterocycles. The summed E-state index contributed by atoms with van der Waals surface area (Å²) in [6, 6.07) is 0.153. The monoisotopic (exact) mass is 291 g/mol. The zero-order valence-electron chi connectivity index (χ0n) is 12.8. The number of rotatable bonds is 10. The number of aliphatic hydroxyl groups excluding tert-OH is 1. The summed E-state index contributed by atoms with van der Waals surface area (Å²) in [5.41, 5.74) is -0.817. The van der Waals surface area contributed by atoms with Crippen molar-refractivity contribution in [1.82, 2.24) is 5.32 Å². The molecule has 3 unspecified atom stereocenters. The highest BCUT2D eigenvalue weighted by molar-refractivity contribution is 7.99. The lowest BCUT2D eigenvalue weighted by molar-refractivity contribution is -0.145. The van der Waals surface area contributed by atoms with Crippen molar-refractivity contribution in [2.75, 3.05) is 5.75 Å². The number of hydrogen-bond donors (Lipinski definition) is 3. The number of carbonyl (C=O) groups is 1. The van der Waals surface area contributed by atoms with E-state index in [2.05, 4.69) is 5.32 Å². The predicted octanol–water partition coefficient (Wildman–Crippen LogP) is 2.50. The summed E-state index contributed by atoms with van der Waals surface area (Å²) in [6.45, 7) is 9.63. The van der Waals surface area contributed by atoms with Crippen molar-refractivity contribution in [2.45, 2.75) is 76.8 Å². The number of nitrogens with one attached hydrogen (secondary N) is 1. The van der Waals surface area contributed by atoms with Gasteiger partial charge in [0.05, 0.1) is 6.10 Å². The Hall–Kier alpha value is -0.260. The summed E-state index contributed by atoms with van der Waals surface area (Å²) >= 11 is 1.70. The van der Waals surface area contributed by atoms with Crippen LogP contribution in [-0.4, -0.2) is 44.9 Å². The van der Waals surface area contributed by atoms with Gasteiger partial charge in [-0.3, -0.25) is 10.1 Å². The van der Waals surface area contributed by atoms with Crippen LogP contribution >= 0.6 is 11.8 Å². The fourth-order valence-corrected chi connectivity index (χ4v) is 2.97. The van der Waals surface area contributed by atoms with Crippen LogP contribution in [0.15, 0.2) is 0 Å². The largest absolute Gasteiger partial charge is 0.480 e. The number of hydrogen-bond acceptors (Lipinski definition) is 4. The molecule has 0 aromatic carbocycles. The number of aliphatic carboxylic acids is 1. The van der Waals surface area contributed by atoms with E-state index in [1.807, 2.05) is 27.7 Å². The SMILES string of the molecule is CCC(CCCSC(C)C(C)O)(NC(C)C)C(=O)O. The van der Waals surface area contributed by atoms with Gasteiger partial charge in [0.15, 0.2) is 0 Å². The summed E-state index contributed by atoms with van der Waals surface area (Å²) in [5.74, 6) is 0.109. The molecule has 0 rings (SSSR count). The van der Waals surface area contributed by atoms with E-state index < -0.39 is 11.5 Å². The van der Waals surface area contributed by atoms with Crippen LogP contribution < -0.4 is 5.32 Å². The lowest BCUT2D eigenvalue weighted by atomic mass is 9.90. The molecule has 114 valence electrons. The molecule has 0 saturated carbocycles. The van der Waals surface area contributed by atoms with Gasteiger partial charge in [-0.2, -0.15) is 11.8 Å². The second-order valence-electron chi connectivity index (χ2n) is 5.46. The highest BCUT2D eigenvalue weighted by Crippen LogP contribution is 2.22. The summed E-state index contributed by atoms with van der Waals surface area (Å²) in [6.07, 6.45) is 1.71. The van der Waals surface area contributed by atoms with Gasteiger partial charge in [-0.05, 0) is 45.8 Å². The van der Waals surface area contributed by atoms with E-state index in [9.17, 15) is 15.0 Å². The third kappa shape index (κ3) is 6.63. The zero-order chi connectivity index (χ0) is 15.1. The maximum Gasteiger partial charge on any atom is 0.323 e. The van der Waals surface area contributed by atoms with E-state index in [1.165, 1.54) is 0 Å². The first-order valence-corrected chi connectivity index (χ1v) is 8.10. The zero-order valence-corrected chi connectivity index (χ0v) is 13.6. The molecule has 0 bridgehead atoms. The van der Waals surface area contributed by atoms with Gasteiger partial charge >= 0.3 is 5.97 Å². The first-order valence-electron chi connectivity index (χ1n) is 7.06. The van der Waals surface area contributed by atoms with Gasteiger partial charge in [0, 0.05) is 11.3 Å². The van der Waals surface area contributed by atoms with Crippen molar-refractivity contribution in [3.05, 3.63) is 0 Å². The van der Waals surface area contributed by atoms with Gasteiger partial charge in [-0.1, -0.05) is 13.8 Å². The van der Waals surface area contributed by atoms with Crippen molar-refractivity contribution in [1.29, 1.82) is 0 Å². The maximum atomic E-state index is 11.5. The highest BCUT2D eigenvalue weighted by Gasteiger charge is 2.36. The maximum absolute atomic E-state index is 11.5. The molecule has 0 aromatic rings. The molecule has 4 nitrogen and oxygen atoms in total. The third-order valence-electron chi connectivity index (χ3n) is 3.39. The van der Waals surface area contributed by atoms with Gasteiger partial charge in [0.25, 0.3) is 0 Å². The number of thioether (sulfide) groups is 1. The molecule has 3 atom stereocenters. The first-order chi connectivity index (χ1) is 8.75. The molecule has 0 aliphatic carbocycles. The van der Waals surface area contributed by atoms with Crippen molar-refractivity contribution >= 4 is 17.7 Å². The lowest BCUT2D eigenvalue weighted by Gasteiger charge is -2.32. The Balaban J connectivity index is 4.31. The number of carboxylic acid groups (broad SMARTS) is 1. The fourth-order valence-electron chi connectivity index (χ4n) is 2.01. The van der Waals surface area contributed by atoms with E-state index in [0.29, 0.717) is 12.8 Å². The highest BCUT2D eigenvalue weighted by atomic mass is 32.2. The molecule has 0 fully saturated rings. The molecule has 0 saturated heterocycles. The van der Waals surface area contributed by atoms with E-state index in [4.69, 9.17) is 0 Å². The summed E-state index contributed by atoms with van der Waals surface area (Å²) in [5, 5.41) is 22.3. The topological polar surface area (TPSA) is 69.6 Å². The second-order valence-corrected chi connectivity index (χ2v) is 6.95. The van der Waals surface area contributed by atoms with Gasteiger partial charge in [0.1, 0.15) is 5.54 Å². The molecule has 19 heavy (non-hydrogen) atoms. The van der Waals surface area contributed by atoms with E-state index >= 15 is 0 Å². The summed E-state index contributed by atoms with van der Waals surface area (Å²) in [7, 11) is 0. The molecular formula is C14H29NO3S. The van der Waals surface area contributed by atoms with Crippen LogP contribution in [0.1, 0.15) is 53.9 Å². The molecule has 0 aliphatic heterocycles. The second kappa shape index (κ2) is 8.82. The van der Waals surface area contributed by atoms with Gasteiger partial charge in [0.2, 0.25) is 0 Å². The lowest BCUT2D eigenvalue weighted by Crippen LogP contribution is -2.54. The minimum atomic E-state index is -0.817. The fraction of sp³-hybridized carbons (Fsp3) is 0.929. The molecule has 0 aliphatic rings. The average Bonchev–Trinajstić information content (AvgIpc) is 2.31. The smallest absolute Gasteiger partial charge is 0.323 e. The summed E-state index contributed by atoms with van der Waals surface area (Å²) < 4.78 is 0. The predicted molar refractivity (Wildman–Crippen MR) is 81.8 cm³/mol. The molecular weight excluding hydrogens is 262 g/mol. The van der Waals surface area contributed by atoms with Crippen LogP contribution in [0.3, 0.4) is 0 Å². The third-order valence-corrected chi connectivity index (χ3v) is 4.83.